The molecule has 0 aromatic heterocycles. The molecule has 0 N–H and O–H groups in total. The van der Waals surface area contributed by atoms with Gasteiger partial charge in [0.15, 0.2) is 0 Å². The molecule has 0 aromatic carbocycles. The Morgan fingerprint density at radius 2 is 0.302 bits per heavy atom. The molecule has 0 atom stereocenters. The van der Waals surface area contributed by atoms with E-state index in [4.69, 9.17) is 0 Å². The molecule has 0 rings (SSSR count). The summed E-state index contributed by atoms with van der Waals surface area (Å²) < 4.78 is 0. The maximum atomic E-state index is 3.81. The van der Waals surface area contributed by atoms with Crippen molar-refractivity contribution in [2.45, 2.75) is 328 Å². The second-order valence-electron chi connectivity index (χ2n) is 18.0. The van der Waals surface area contributed by atoms with Crippen molar-refractivity contribution in [2.24, 2.45) is 0 Å². The Balaban J connectivity index is 3.05. The van der Waals surface area contributed by atoms with E-state index in [0.29, 0.717) is 0 Å². The quantitative estimate of drug-likeness (QED) is 0.0430. The maximum Gasteiger partial charge on any atom is -0.0353 e. The summed E-state index contributed by atoms with van der Waals surface area (Å²) in [6.45, 7) is 6.13. The zero-order chi connectivity index (χ0) is 38.1. The van der Waals surface area contributed by atoms with Gasteiger partial charge in [-0.25, -0.2) is 0 Å². The Labute approximate surface area is 339 Å². The van der Waals surface area contributed by atoms with E-state index in [2.05, 4.69) is 19.6 Å². The molecule has 0 saturated heterocycles. The van der Waals surface area contributed by atoms with E-state index in [9.17, 15) is 0 Å². The molecule has 0 amide bonds. The fourth-order valence-corrected chi connectivity index (χ4v) is 8.67. The minimum absolute atomic E-state index is 1.21. The molecule has 0 saturated carbocycles. The molecule has 0 unspecified atom stereocenters. The fraction of sp³-hybridized carbons (Fsp3) is 0.962. The molecule has 0 aliphatic heterocycles. The first-order valence-corrected chi connectivity index (χ1v) is 26.0. The van der Waals surface area contributed by atoms with E-state index in [1.54, 1.807) is 0 Å². The van der Waals surface area contributed by atoms with Crippen LogP contribution in [0.25, 0.3) is 0 Å². The number of unbranched alkanes of at least 4 members (excludes halogenated alkanes) is 49. The van der Waals surface area contributed by atoms with Crippen molar-refractivity contribution >= 4 is 0 Å². The molecule has 318 valence electrons. The molecule has 0 aliphatic rings. The number of hydrogen-bond acceptors (Lipinski definition) is 0. The van der Waals surface area contributed by atoms with Crippen LogP contribution >= 0.6 is 0 Å². The third-order valence-corrected chi connectivity index (χ3v) is 12.5. The standard InChI is InChI=1S/C53H106/c1-3-5-7-9-11-13-15-17-19-21-23-25-27-29-31-33-35-37-39-41-43-45-47-49-51-53-52-50-48-46-44-42-40-38-36-34-32-30-28-26-24-22-20-18-16-14-12-10-8-6-4-2/h3H,1,4-53H2,2H3. The van der Waals surface area contributed by atoms with E-state index >= 15 is 0 Å². The smallest absolute Gasteiger partial charge is 0.0353 e. The largest absolute Gasteiger partial charge is 0.103 e. The van der Waals surface area contributed by atoms with Crippen LogP contribution < -0.4 is 0 Å². The van der Waals surface area contributed by atoms with Crippen LogP contribution in [-0.2, 0) is 0 Å². The zero-order valence-corrected chi connectivity index (χ0v) is 37.6. The molecular weight excluding hydrogens is 637 g/mol. The summed E-state index contributed by atoms with van der Waals surface area (Å²) in [5.74, 6) is 0. The van der Waals surface area contributed by atoms with Gasteiger partial charge in [-0.1, -0.05) is 321 Å². The van der Waals surface area contributed by atoms with E-state index in [1.807, 2.05) is 0 Å². The second-order valence-corrected chi connectivity index (χ2v) is 18.0. The molecule has 0 bridgehead atoms. The summed E-state index contributed by atoms with van der Waals surface area (Å²) in [4.78, 5) is 0. The number of allylic oxidation sites excluding steroid dienone is 1. The average molecular weight is 743 g/mol. The normalized spacial score (nSPS) is 11.6. The van der Waals surface area contributed by atoms with Gasteiger partial charge in [-0.3, -0.25) is 0 Å². The minimum Gasteiger partial charge on any atom is -0.103 e. The Kier molecular flexibility index (Phi) is 51.5. The lowest BCUT2D eigenvalue weighted by Gasteiger charge is -2.05. The lowest BCUT2D eigenvalue weighted by molar-refractivity contribution is 0.508. The second kappa shape index (κ2) is 51.7. The van der Waals surface area contributed by atoms with E-state index < -0.39 is 0 Å². The number of hydrogen-bond donors (Lipinski definition) is 0. The fourth-order valence-electron chi connectivity index (χ4n) is 8.67. The summed E-state index contributed by atoms with van der Waals surface area (Å²) in [6, 6.07) is 0. The van der Waals surface area contributed by atoms with Crippen LogP contribution in [0.3, 0.4) is 0 Å². The van der Waals surface area contributed by atoms with Gasteiger partial charge in [-0.05, 0) is 12.8 Å². The van der Waals surface area contributed by atoms with Gasteiger partial charge >= 0.3 is 0 Å². The Morgan fingerprint density at radius 1 is 0.189 bits per heavy atom. The van der Waals surface area contributed by atoms with Crippen molar-refractivity contribution in [2.75, 3.05) is 0 Å². The molecule has 0 fully saturated rings. The van der Waals surface area contributed by atoms with Crippen molar-refractivity contribution in [3.63, 3.8) is 0 Å². The molecule has 0 radical (unpaired) electrons. The average Bonchev–Trinajstić information content (AvgIpc) is 3.17. The Morgan fingerprint density at radius 3 is 0.415 bits per heavy atom. The van der Waals surface area contributed by atoms with Crippen molar-refractivity contribution in [3.05, 3.63) is 12.7 Å². The van der Waals surface area contributed by atoms with Crippen molar-refractivity contribution in [1.82, 2.24) is 0 Å². The highest BCUT2D eigenvalue weighted by Gasteiger charge is 1.99. The first-order valence-electron chi connectivity index (χ1n) is 26.0. The number of rotatable bonds is 50. The lowest BCUT2D eigenvalue weighted by Crippen LogP contribution is -1.85. The molecule has 0 nitrogen and oxygen atoms in total. The van der Waals surface area contributed by atoms with Gasteiger partial charge in [0, 0.05) is 0 Å². The first-order chi connectivity index (χ1) is 26.4. The van der Waals surface area contributed by atoms with Gasteiger partial charge in [0.05, 0.1) is 0 Å². The minimum atomic E-state index is 1.21. The van der Waals surface area contributed by atoms with Crippen LogP contribution in [0.15, 0.2) is 12.7 Å². The van der Waals surface area contributed by atoms with Gasteiger partial charge in [0.25, 0.3) is 0 Å². The van der Waals surface area contributed by atoms with Crippen LogP contribution in [-0.4, -0.2) is 0 Å². The van der Waals surface area contributed by atoms with Crippen molar-refractivity contribution in [1.29, 1.82) is 0 Å². The Bertz CT molecular complexity index is 605. The van der Waals surface area contributed by atoms with Gasteiger partial charge in [0.1, 0.15) is 0 Å². The third-order valence-electron chi connectivity index (χ3n) is 12.5. The highest BCUT2D eigenvalue weighted by Crippen LogP contribution is 2.18. The van der Waals surface area contributed by atoms with Gasteiger partial charge in [-0.2, -0.15) is 0 Å². The van der Waals surface area contributed by atoms with Gasteiger partial charge in [-0.15, -0.1) is 6.58 Å². The summed E-state index contributed by atoms with van der Waals surface area (Å²) in [6.07, 6.45) is 75.9. The lowest BCUT2D eigenvalue weighted by atomic mass is 10.0. The van der Waals surface area contributed by atoms with Crippen LogP contribution in [0.2, 0.25) is 0 Å². The third kappa shape index (κ3) is 51.7. The highest BCUT2D eigenvalue weighted by atomic mass is 14.1. The topological polar surface area (TPSA) is 0 Å². The summed E-state index contributed by atoms with van der Waals surface area (Å²) in [7, 11) is 0. The van der Waals surface area contributed by atoms with Crippen LogP contribution in [0.4, 0.5) is 0 Å². The summed E-state index contributed by atoms with van der Waals surface area (Å²) in [5.41, 5.74) is 0. The SMILES string of the molecule is C=CCCCCCCCCCCCCCCCCCCCCCCCCCCCCCCCCCCCCCCCCCCCCCCCCCCC. The van der Waals surface area contributed by atoms with E-state index in [-0.39, 0.29) is 0 Å². The van der Waals surface area contributed by atoms with Gasteiger partial charge in [0.2, 0.25) is 0 Å². The molecule has 0 aromatic rings. The molecule has 0 aliphatic carbocycles. The molecule has 53 heavy (non-hydrogen) atoms. The molecular formula is C53H106. The van der Waals surface area contributed by atoms with E-state index in [0.717, 1.165) is 0 Å². The first kappa shape index (κ1) is 52.7. The molecule has 0 heterocycles. The van der Waals surface area contributed by atoms with Crippen LogP contribution in [0, 0.1) is 0 Å². The monoisotopic (exact) mass is 743 g/mol. The highest BCUT2D eigenvalue weighted by molar-refractivity contribution is 4.65. The van der Waals surface area contributed by atoms with Crippen molar-refractivity contribution < 1.29 is 0 Å². The van der Waals surface area contributed by atoms with Crippen molar-refractivity contribution in [3.8, 4) is 0 Å². The van der Waals surface area contributed by atoms with Crippen LogP contribution in [0.5, 0.6) is 0 Å². The maximum absolute atomic E-state index is 3.81. The zero-order valence-electron chi connectivity index (χ0n) is 37.6. The predicted octanol–water partition coefficient (Wildman–Crippen LogP) is 20.7. The molecule has 0 spiro atoms. The Hall–Kier alpha value is -0.260. The van der Waals surface area contributed by atoms with Crippen LogP contribution in [0.1, 0.15) is 328 Å². The van der Waals surface area contributed by atoms with E-state index in [1.165, 1.54) is 321 Å². The summed E-state index contributed by atoms with van der Waals surface area (Å²) >= 11 is 0. The molecule has 0 heteroatoms. The van der Waals surface area contributed by atoms with Gasteiger partial charge < -0.3 is 0 Å². The predicted molar refractivity (Wildman–Crippen MR) is 247 cm³/mol. The summed E-state index contributed by atoms with van der Waals surface area (Å²) in [5, 5.41) is 0.